The van der Waals surface area contributed by atoms with Crippen LogP contribution in [0, 0.1) is 0 Å². The van der Waals surface area contributed by atoms with Crippen LogP contribution in [-0.2, 0) is 12.8 Å². The molecule has 0 spiro atoms. The summed E-state index contributed by atoms with van der Waals surface area (Å²) in [5.41, 5.74) is 3.56. The SMILES string of the molecule is CCCCc1ccc(NC2=CC(=O)c3c(O)c(Nc4ccc(CCCC)cc4)cc(O)c3C2=O)cc1. The van der Waals surface area contributed by atoms with Crippen molar-refractivity contribution >= 4 is 28.6 Å². The summed E-state index contributed by atoms with van der Waals surface area (Å²) in [4.78, 5) is 26.1. The zero-order valence-electron chi connectivity index (χ0n) is 20.7. The van der Waals surface area contributed by atoms with Crippen molar-refractivity contribution in [3.63, 3.8) is 0 Å². The first kappa shape index (κ1) is 25.0. The standard InChI is InChI=1S/C30H32N2O4/c1-3-5-7-19-9-13-21(14-10-19)31-23-17-25(33)28-27(29(23)35)26(34)18-24(30(28)36)32-22-15-11-20(12-16-22)8-6-4-2/h9-18,31-33,35H,3-8H2,1-2H3. The Bertz CT molecular complexity index is 1290. The van der Waals surface area contributed by atoms with Crippen molar-refractivity contribution in [2.75, 3.05) is 10.6 Å². The van der Waals surface area contributed by atoms with E-state index >= 15 is 0 Å². The number of hydrogen-bond acceptors (Lipinski definition) is 6. The quantitative estimate of drug-likeness (QED) is 0.184. The van der Waals surface area contributed by atoms with E-state index in [2.05, 4.69) is 24.5 Å². The van der Waals surface area contributed by atoms with Gasteiger partial charge in [-0.25, -0.2) is 0 Å². The van der Waals surface area contributed by atoms with Gasteiger partial charge in [-0.1, -0.05) is 51.0 Å². The number of carbonyl (C=O) groups excluding carboxylic acids is 2. The lowest BCUT2D eigenvalue weighted by molar-refractivity contribution is 0.0980. The van der Waals surface area contributed by atoms with Gasteiger partial charge in [-0.05, 0) is 61.1 Å². The topological polar surface area (TPSA) is 98.7 Å². The van der Waals surface area contributed by atoms with Crippen LogP contribution in [0.15, 0.2) is 66.4 Å². The first-order chi connectivity index (χ1) is 17.4. The number of benzene rings is 3. The van der Waals surface area contributed by atoms with Crippen LogP contribution in [0.5, 0.6) is 11.5 Å². The number of nitrogens with one attached hydrogen (secondary N) is 2. The molecular formula is C30H32N2O4. The molecule has 0 aromatic heterocycles. The number of fused-ring (bicyclic) bond motifs is 1. The molecule has 1 aliphatic rings. The second kappa shape index (κ2) is 11.1. The molecule has 0 amide bonds. The van der Waals surface area contributed by atoms with Crippen molar-refractivity contribution < 1.29 is 19.8 Å². The van der Waals surface area contributed by atoms with Gasteiger partial charge < -0.3 is 20.8 Å². The number of hydrogen-bond donors (Lipinski definition) is 4. The van der Waals surface area contributed by atoms with Gasteiger partial charge in [-0.3, -0.25) is 9.59 Å². The number of Topliss-reactive ketones (excluding diaryl/α,β-unsaturated/α-hetero) is 1. The minimum absolute atomic E-state index is 0.0480. The molecule has 0 radical (unpaired) electrons. The third-order valence-corrected chi connectivity index (χ3v) is 6.38. The molecule has 0 aliphatic heterocycles. The third-order valence-electron chi connectivity index (χ3n) is 6.38. The van der Waals surface area contributed by atoms with Crippen LogP contribution in [0.3, 0.4) is 0 Å². The Kier molecular flexibility index (Phi) is 7.74. The highest BCUT2D eigenvalue weighted by atomic mass is 16.3. The molecule has 6 heteroatoms. The molecular weight excluding hydrogens is 452 g/mol. The normalized spacial score (nSPS) is 12.8. The number of aryl methyl sites for hydroxylation is 2. The maximum Gasteiger partial charge on any atom is 0.213 e. The van der Waals surface area contributed by atoms with E-state index in [1.165, 1.54) is 23.3 Å². The van der Waals surface area contributed by atoms with Gasteiger partial charge in [-0.15, -0.1) is 0 Å². The summed E-state index contributed by atoms with van der Waals surface area (Å²) in [5, 5.41) is 27.6. The van der Waals surface area contributed by atoms with E-state index in [9.17, 15) is 19.8 Å². The van der Waals surface area contributed by atoms with Crippen LogP contribution < -0.4 is 10.6 Å². The van der Waals surface area contributed by atoms with Crippen LogP contribution in [-0.4, -0.2) is 21.8 Å². The van der Waals surface area contributed by atoms with E-state index in [1.54, 1.807) is 0 Å². The van der Waals surface area contributed by atoms with Gasteiger partial charge in [-0.2, -0.15) is 0 Å². The van der Waals surface area contributed by atoms with Crippen LogP contribution in [0.25, 0.3) is 0 Å². The molecule has 0 bridgehead atoms. The number of unbranched alkanes of at least 4 members (excludes halogenated alkanes) is 2. The summed E-state index contributed by atoms with van der Waals surface area (Å²) in [6.45, 7) is 4.29. The number of carbonyl (C=O) groups is 2. The van der Waals surface area contributed by atoms with E-state index < -0.39 is 11.6 Å². The summed E-state index contributed by atoms with van der Waals surface area (Å²) in [6.07, 6.45) is 7.58. The molecule has 0 atom stereocenters. The van der Waals surface area contributed by atoms with Crippen molar-refractivity contribution in [1.82, 2.24) is 0 Å². The number of anilines is 3. The highest BCUT2D eigenvalue weighted by Crippen LogP contribution is 2.41. The highest BCUT2D eigenvalue weighted by molar-refractivity contribution is 6.28. The largest absolute Gasteiger partial charge is 0.507 e. The predicted octanol–water partition coefficient (Wildman–Crippen LogP) is 6.90. The van der Waals surface area contributed by atoms with Gasteiger partial charge in [0.15, 0.2) is 11.5 Å². The van der Waals surface area contributed by atoms with Crippen LogP contribution >= 0.6 is 0 Å². The molecule has 0 fully saturated rings. The molecule has 0 heterocycles. The third kappa shape index (κ3) is 5.43. The minimum Gasteiger partial charge on any atom is -0.507 e. The fraction of sp³-hybridized carbons (Fsp3) is 0.267. The number of ketones is 2. The molecule has 1 aliphatic carbocycles. The smallest absolute Gasteiger partial charge is 0.213 e. The van der Waals surface area contributed by atoms with Crippen molar-refractivity contribution in [3.05, 3.63) is 88.6 Å². The maximum atomic E-state index is 13.2. The number of phenols is 2. The summed E-state index contributed by atoms with van der Waals surface area (Å²) >= 11 is 0. The van der Waals surface area contributed by atoms with Gasteiger partial charge in [0.2, 0.25) is 5.78 Å². The molecule has 0 saturated heterocycles. The van der Waals surface area contributed by atoms with Crippen molar-refractivity contribution in [2.45, 2.75) is 52.4 Å². The molecule has 4 rings (SSSR count). The molecule has 0 unspecified atom stereocenters. The molecule has 36 heavy (non-hydrogen) atoms. The monoisotopic (exact) mass is 484 g/mol. The van der Waals surface area contributed by atoms with Crippen molar-refractivity contribution in [3.8, 4) is 11.5 Å². The van der Waals surface area contributed by atoms with Crippen molar-refractivity contribution in [1.29, 1.82) is 0 Å². The van der Waals surface area contributed by atoms with E-state index in [-0.39, 0.29) is 34.0 Å². The average Bonchev–Trinajstić information content (AvgIpc) is 2.88. The van der Waals surface area contributed by atoms with E-state index in [4.69, 9.17) is 0 Å². The first-order valence-electron chi connectivity index (χ1n) is 12.5. The number of phenolic OH excluding ortho intramolecular Hbond substituents is 2. The Morgan fingerprint density at radius 1 is 0.722 bits per heavy atom. The van der Waals surface area contributed by atoms with Crippen LogP contribution in [0.4, 0.5) is 17.1 Å². The summed E-state index contributed by atoms with van der Waals surface area (Å²) in [5.74, 6) is -1.85. The lowest BCUT2D eigenvalue weighted by atomic mass is 9.90. The molecule has 186 valence electrons. The molecule has 3 aromatic rings. The van der Waals surface area contributed by atoms with E-state index in [0.29, 0.717) is 11.4 Å². The fourth-order valence-corrected chi connectivity index (χ4v) is 4.30. The fourth-order valence-electron chi connectivity index (χ4n) is 4.30. The van der Waals surface area contributed by atoms with Gasteiger partial charge in [0.25, 0.3) is 0 Å². The number of allylic oxidation sites excluding steroid dienone is 2. The molecule has 3 aromatic carbocycles. The Morgan fingerprint density at radius 3 is 1.78 bits per heavy atom. The first-order valence-corrected chi connectivity index (χ1v) is 12.5. The zero-order valence-corrected chi connectivity index (χ0v) is 20.7. The molecule has 0 saturated carbocycles. The van der Waals surface area contributed by atoms with Crippen LogP contribution in [0.2, 0.25) is 0 Å². The second-order valence-electron chi connectivity index (χ2n) is 9.14. The molecule has 4 N–H and O–H groups in total. The molecule has 6 nitrogen and oxygen atoms in total. The van der Waals surface area contributed by atoms with Crippen LogP contribution in [0.1, 0.15) is 71.4 Å². The minimum atomic E-state index is -0.557. The average molecular weight is 485 g/mol. The van der Waals surface area contributed by atoms with Gasteiger partial charge >= 0.3 is 0 Å². The second-order valence-corrected chi connectivity index (χ2v) is 9.14. The summed E-state index contributed by atoms with van der Waals surface area (Å²) in [6, 6.07) is 16.7. The highest BCUT2D eigenvalue weighted by Gasteiger charge is 2.33. The van der Waals surface area contributed by atoms with Gasteiger partial charge in [0.1, 0.15) is 5.75 Å². The zero-order chi connectivity index (χ0) is 25.7. The van der Waals surface area contributed by atoms with E-state index in [0.717, 1.165) is 38.5 Å². The lowest BCUT2D eigenvalue weighted by Gasteiger charge is -2.21. The summed E-state index contributed by atoms with van der Waals surface area (Å²) in [7, 11) is 0. The van der Waals surface area contributed by atoms with Gasteiger partial charge in [0.05, 0.1) is 22.5 Å². The van der Waals surface area contributed by atoms with Gasteiger partial charge in [0, 0.05) is 23.5 Å². The number of aromatic hydroxyl groups is 2. The Balaban J connectivity index is 1.55. The van der Waals surface area contributed by atoms with E-state index in [1.807, 2.05) is 48.5 Å². The van der Waals surface area contributed by atoms with Crippen molar-refractivity contribution in [2.24, 2.45) is 0 Å². The Hall–Kier alpha value is -4.06. The Morgan fingerprint density at radius 2 is 1.25 bits per heavy atom. The summed E-state index contributed by atoms with van der Waals surface area (Å²) < 4.78 is 0. The lowest BCUT2D eigenvalue weighted by Crippen LogP contribution is -2.22. The predicted molar refractivity (Wildman–Crippen MR) is 144 cm³/mol. The number of rotatable bonds is 10. The maximum absolute atomic E-state index is 13.2. The Labute approximate surface area is 211 Å².